The SMILES string of the molecule is CCn1cc(CN2CCC3(CC2)c2nc[nH]c2CCN3C(=O)C2CCC2)cn1. The molecule has 7 heteroatoms. The van der Waals surface area contributed by atoms with Crippen LogP contribution in [0.4, 0.5) is 0 Å². The third-order valence-corrected chi connectivity index (χ3v) is 7.08. The van der Waals surface area contributed by atoms with Crippen molar-refractivity contribution in [2.45, 2.75) is 64.1 Å². The van der Waals surface area contributed by atoms with E-state index in [-0.39, 0.29) is 11.5 Å². The Morgan fingerprint density at radius 3 is 2.79 bits per heavy atom. The van der Waals surface area contributed by atoms with Gasteiger partial charge in [-0.15, -0.1) is 0 Å². The van der Waals surface area contributed by atoms with E-state index in [2.05, 4.69) is 33.0 Å². The minimum Gasteiger partial charge on any atom is -0.348 e. The van der Waals surface area contributed by atoms with Gasteiger partial charge in [-0.25, -0.2) is 4.98 Å². The lowest BCUT2D eigenvalue weighted by molar-refractivity contribution is -0.149. The molecule has 2 aromatic heterocycles. The molecule has 0 radical (unpaired) electrons. The molecule has 0 atom stereocenters. The van der Waals surface area contributed by atoms with Gasteiger partial charge < -0.3 is 9.88 Å². The van der Waals surface area contributed by atoms with Crippen LogP contribution in [0.2, 0.25) is 0 Å². The number of aryl methyl sites for hydroxylation is 1. The van der Waals surface area contributed by atoms with Crippen LogP contribution < -0.4 is 0 Å². The molecule has 5 rings (SSSR count). The monoisotopic (exact) mass is 382 g/mol. The molecule has 2 aromatic rings. The topological polar surface area (TPSA) is 70.1 Å². The van der Waals surface area contributed by atoms with Crippen LogP contribution in [0, 0.1) is 5.92 Å². The smallest absolute Gasteiger partial charge is 0.226 e. The van der Waals surface area contributed by atoms with E-state index in [4.69, 9.17) is 4.98 Å². The highest BCUT2D eigenvalue weighted by molar-refractivity contribution is 5.81. The third-order valence-electron chi connectivity index (χ3n) is 7.08. The molecule has 28 heavy (non-hydrogen) atoms. The minimum atomic E-state index is -0.218. The molecule has 0 unspecified atom stereocenters. The van der Waals surface area contributed by atoms with Gasteiger partial charge in [-0.3, -0.25) is 14.4 Å². The zero-order valence-electron chi connectivity index (χ0n) is 16.7. The van der Waals surface area contributed by atoms with Gasteiger partial charge in [-0.2, -0.15) is 5.10 Å². The van der Waals surface area contributed by atoms with Crippen LogP contribution in [0.5, 0.6) is 0 Å². The van der Waals surface area contributed by atoms with Gasteiger partial charge >= 0.3 is 0 Å². The number of rotatable bonds is 4. The molecule has 7 nitrogen and oxygen atoms in total. The first-order chi connectivity index (χ1) is 13.7. The highest BCUT2D eigenvalue weighted by atomic mass is 16.2. The van der Waals surface area contributed by atoms with E-state index in [1.165, 1.54) is 17.7 Å². The van der Waals surface area contributed by atoms with Crippen molar-refractivity contribution in [1.29, 1.82) is 0 Å². The summed E-state index contributed by atoms with van der Waals surface area (Å²) in [6.45, 7) is 6.74. The molecule has 1 spiro atoms. The van der Waals surface area contributed by atoms with Gasteiger partial charge in [-0.05, 0) is 32.6 Å². The van der Waals surface area contributed by atoms with Crippen LogP contribution in [0.3, 0.4) is 0 Å². The fourth-order valence-corrected chi connectivity index (χ4v) is 5.18. The van der Waals surface area contributed by atoms with Crippen molar-refractivity contribution in [3.63, 3.8) is 0 Å². The van der Waals surface area contributed by atoms with Crippen molar-refractivity contribution >= 4 is 5.91 Å². The molecular formula is C21H30N6O. The van der Waals surface area contributed by atoms with Crippen LogP contribution >= 0.6 is 0 Å². The average molecular weight is 383 g/mol. The summed E-state index contributed by atoms with van der Waals surface area (Å²) >= 11 is 0. The normalized spacial score (nSPS) is 22.2. The molecular weight excluding hydrogens is 352 g/mol. The molecule has 2 fully saturated rings. The summed E-state index contributed by atoms with van der Waals surface area (Å²) in [5.41, 5.74) is 3.41. The number of hydrogen-bond acceptors (Lipinski definition) is 4. The summed E-state index contributed by atoms with van der Waals surface area (Å²) < 4.78 is 1.98. The molecule has 1 aliphatic carbocycles. The van der Waals surface area contributed by atoms with Gasteiger partial charge in [-0.1, -0.05) is 6.42 Å². The number of amides is 1. The summed E-state index contributed by atoms with van der Waals surface area (Å²) in [5, 5.41) is 4.40. The lowest BCUT2D eigenvalue weighted by Gasteiger charge is -2.52. The van der Waals surface area contributed by atoms with Crippen LogP contribution in [-0.2, 0) is 29.8 Å². The predicted octanol–water partition coefficient (Wildman–Crippen LogP) is 2.30. The molecule has 150 valence electrons. The zero-order chi connectivity index (χ0) is 19.1. The number of carbonyl (C=O) groups is 1. The summed E-state index contributed by atoms with van der Waals surface area (Å²) in [6.07, 6.45) is 12.1. The Morgan fingerprint density at radius 1 is 1.29 bits per heavy atom. The number of likely N-dealkylation sites (tertiary alicyclic amines) is 1. The Balaban J connectivity index is 1.35. The first-order valence-electron chi connectivity index (χ1n) is 10.8. The van der Waals surface area contributed by atoms with Gasteiger partial charge in [0.05, 0.1) is 23.8 Å². The van der Waals surface area contributed by atoms with Crippen molar-refractivity contribution in [1.82, 2.24) is 29.5 Å². The van der Waals surface area contributed by atoms with Crippen molar-refractivity contribution < 1.29 is 4.79 Å². The number of carbonyl (C=O) groups excluding carboxylic acids is 1. The van der Waals surface area contributed by atoms with E-state index >= 15 is 0 Å². The Kier molecular flexibility index (Phi) is 4.50. The fraction of sp³-hybridized carbons (Fsp3) is 0.667. The largest absolute Gasteiger partial charge is 0.348 e. The molecule has 1 saturated heterocycles. The third kappa shape index (κ3) is 2.87. The van der Waals surface area contributed by atoms with Crippen molar-refractivity contribution in [3.8, 4) is 0 Å². The molecule has 0 aromatic carbocycles. The summed E-state index contributed by atoms with van der Waals surface area (Å²) in [7, 11) is 0. The number of nitrogens with one attached hydrogen (secondary N) is 1. The molecule has 1 saturated carbocycles. The Labute approximate surface area is 166 Å². The average Bonchev–Trinajstić information content (AvgIpc) is 3.32. The second-order valence-electron chi connectivity index (χ2n) is 8.61. The second kappa shape index (κ2) is 7.03. The lowest BCUT2D eigenvalue weighted by Crippen LogP contribution is -2.59. The van der Waals surface area contributed by atoms with E-state index in [0.29, 0.717) is 5.91 Å². The number of piperidine rings is 1. The predicted molar refractivity (Wildman–Crippen MR) is 105 cm³/mol. The second-order valence-corrected chi connectivity index (χ2v) is 8.61. The number of aromatic nitrogens is 4. The van der Waals surface area contributed by atoms with Crippen LogP contribution in [-0.4, -0.2) is 55.1 Å². The zero-order valence-corrected chi connectivity index (χ0v) is 16.7. The summed E-state index contributed by atoms with van der Waals surface area (Å²) in [5.74, 6) is 0.618. The van der Waals surface area contributed by atoms with Gasteiger partial charge in [0, 0.05) is 62.5 Å². The van der Waals surface area contributed by atoms with E-state index in [0.717, 1.165) is 70.5 Å². The molecule has 1 amide bonds. The number of fused-ring (bicyclic) bond motifs is 2. The van der Waals surface area contributed by atoms with Gasteiger partial charge in [0.2, 0.25) is 5.91 Å². The maximum atomic E-state index is 13.3. The number of aromatic amines is 1. The lowest BCUT2D eigenvalue weighted by atomic mass is 9.76. The summed E-state index contributed by atoms with van der Waals surface area (Å²) in [6, 6.07) is 0. The molecule has 3 aliphatic rings. The molecule has 4 heterocycles. The highest BCUT2D eigenvalue weighted by Gasteiger charge is 2.50. The molecule has 2 aliphatic heterocycles. The minimum absolute atomic E-state index is 0.218. The number of H-pyrrole nitrogens is 1. The first-order valence-corrected chi connectivity index (χ1v) is 10.8. The number of hydrogen-bond donors (Lipinski definition) is 1. The summed E-state index contributed by atoms with van der Waals surface area (Å²) in [4.78, 5) is 26.0. The van der Waals surface area contributed by atoms with Gasteiger partial charge in [0.15, 0.2) is 0 Å². The van der Waals surface area contributed by atoms with E-state index in [1.807, 2.05) is 17.2 Å². The maximum absolute atomic E-state index is 13.3. The van der Waals surface area contributed by atoms with Gasteiger partial charge in [0.1, 0.15) is 0 Å². The van der Waals surface area contributed by atoms with Crippen molar-refractivity contribution in [3.05, 3.63) is 35.7 Å². The Hall–Kier alpha value is -2.15. The standard InChI is InChI=1S/C21H30N6O/c1-2-26-14-16(12-24-26)13-25-10-7-21(8-11-25)19-18(22-15-23-19)6-9-27(21)20(28)17-4-3-5-17/h12,14-15,17H,2-11,13H2,1H3,(H,22,23). The molecule has 1 N–H and O–H groups in total. The maximum Gasteiger partial charge on any atom is 0.226 e. The molecule has 0 bridgehead atoms. The van der Waals surface area contributed by atoms with Crippen LogP contribution in [0.25, 0.3) is 0 Å². The van der Waals surface area contributed by atoms with Crippen molar-refractivity contribution in [2.24, 2.45) is 5.92 Å². The Bertz CT molecular complexity index is 843. The van der Waals surface area contributed by atoms with E-state index in [9.17, 15) is 4.79 Å². The van der Waals surface area contributed by atoms with Gasteiger partial charge in [0.25, 0.3) is 0 Å². The van der Waals surface area contributed by atoms with Crippen molar-refractivity contribution in [2.75, 3.05) is 19.6 Å². The Morgan fingerprint density at radius 2 is 2.11 bits per heavy atom. The van der Waals surface area contributed by atoms with E-state index < -0.39 is 0 Å². The van der Waals surface area contributed by atoms with E-state index in [1.54, 1.807) is 0 Å². The van der Waals surface area contributed by atoms with Crippen LogP contribution in [0.1, 0.15) is 56.0 Å². The number of nitrogens with zero attached hydrogens (tertiary/aromatic N) is 5. The van der Waals surface area contributed by atoms with Crippen LogP contribution in [0.15, 0.2) is 18.7 Å². The quantitative estimate of drug-likeness (QED) is 0.881. The first kappa shape index (κ1) is 17.9. The number of imidazole rings is 1. The fourth-order valence-electron chi connectivity index (χ4n) is 5.18. The highest BCUT2D eigenvalue weighted by Crippen LogP contribution is 2.44.